The molecule has 0 atom stereocenters. The molecule has 0 heterocycles. The molecule has 0 aliphatic heterocycles. The third-order valence-corrected chi connectivity index (χ3v) is 12.1. The molecule has 0 aliphatic rings. The maximum atomic E-state index is 2.39. The Kier molecular flexibility index (Phi) is 20.5. The van der Waals surface area contributed by atoms with Crippen LogP contribution in [-0.2, 0) is 0 Å². The van der Waals surface area contributed by atoms with Crippen LogP contribution in [0.15, 0.2) is 0 Å². The first-order valence-corrected chi connectivity index (χ1v) is 15.6. The van der Waals surface area contributed by atoms with Crippen molar-refractivity contribution in [3.05, 3.63) is 0 Å². The molecular formula is C25H55P. The average molecular weight is 387 g/mol. The summed E-state index contributed by atoms with van der Waals surface area (Å²) < 4.78 is 0. The molecule has 0 aliphatic carbocycles. The van der Waals surface area contributed by atoms with E-state index >= 15 is 0 Å². The Morgan fingerprint density at radius 3 is 0.923 bits per heavy atom. The van der Waals surface area contributed by atoms with Crippen LogP contribution in [0.3, 0.4) is 0 Å². The van der Waals surface area contributed by atoms with Crippen LogP contribution in [0.5, 0.6) is 0 Å². The molecule has 0 saturated heterocycles. The molecule has 0 nitrogen and oxygen atoms in total. The van der Waals surface area contributed by atoms with Crippen molar-refractivity contribution in [1.82, 2.24) is 0 Å². The van der Waals surface area contributed by atoms with Crippen LogP contribution in [-0.4, -0.2) is 24.6 Å². The molecule has 0 spiro atoms. The Morgan fingerprint density at radius 2 is 0.577 bits per heavy atom. The third kappa shape index (κ3) is 15.5. The molecule has 0 bridgehead atoms. The van der Waals surface area contributed by atoms with Gasteiger partial charge >= 0.3 is 162 Å². The van der Waals surface area contributed by atoms with Crippen LogP contribution < -0.4 is 0 Å². The van der Waals surface area contributed by atoms with Crippen molar-refractivity contribution in [3.8, 4) is 0 Å². The summed E-state index contributed by atoms with van der Waals surface area (Å²) in [6.07, 6.45) is 31.7. The Morgan fingerprint density at radius 1 is 0.308 bits per heavy atom. The van der Waals surface area contributed by atoms with E-state index in [0.29, 0.717) is 0 Å². The van der Waals surface area contributed by atoms with Crippen molar-refractivity contribution in [2.45, 2.75) is 137 Å². The molecule has 0 rings (SSSR count). The van der Waals surface area contributed by atoms with Gasteiger partial charge in [0.2, 0.25) is 0 Å². The number of hydrogen-bond donors (Lipinski definition) is 0. The van der Waals surface area contributed by atoms with Gasteiger partial charge in [0.05, 0.1) is 0 Å². The SMILES string of the molecule is CCCCCCCCCCCCC[PH](CCCC)(CCCC)CCCC. The van der Waals surface area contributed by atoms with E-state index in [1.807, 2.05) is 0 Å². The first kappa shape index (κ1) is 26.4. The van der Waals surface area contributed by atoms with E-state index in [9.17, 15) is 0 Å². The van der Waals surface area contributed by atoms with Crippen molar-refractivity contribution in [3.63, 3.8) is 0 Å². The van der Waals surface area contributed by atoms with E-state index in [1.54, 1.807) is 31.1 Å². The number of rotatable bonds is 21. The van der Waals surface area contributed by atoms with Crippen molar-refractivity contribution in [2.24, 2.45) is 0 Å². The molecule has 0 N–H and O–H groups in total. The van der Waals surface area contributed by atoms with Crippen molar-refractivity contribution < 1.29 is 0 Å². The molecule has 0 aromatic rings. The molecule has 0 saturated carbocycles. The van der Waals surface area contributed by atoms with Crippen LogP contribution in [0.1, 0.15) is 137 Å². The second kappa shape index (κ2) is 20.2. The molecule has 160 valence electrons. The van der Waals surface area contributed by atoms with Gasteiger partial charge in [0.25, 0.3) is 0 Å². The minimum atomic E-state index is -0.952. The molecule has 0 fully saturated rings. The van der Waals surface area contributed by atoms with E-state index in [0.717, 1.165) is 0 Å². The van der Waals surface area contributed by atoms with E-state index in [1.165, 1.54) is 103 Å². The van der Waals surface area contributed by atoms with Crippen LogP contribution in [0.2, 0.25) is 0 Å². The van der Waals surface area contributed by atoms with E-state index in [2.05, 4.69) is 27.7 Å². The summed E-state index contributed by atoms with van der Waals surface area (Å²) in [6, 6.07) is 0. The van der Waals surface area contributed by atoms with Gasteiger partial charge in [0.1, 0.15) is 0 Å². The van der Waals surface area contributed by atoms with E-state index in [-0.39, 0.29) is 0 Å². The van der Waals surface area contributed by atoms with Gasteiger partial charge in [0, 0.05) is 0 Å². The topological polar surface area (TPSA) is 0 Å². The fourth-order valence-electron chi connectivity index (χ4n) is 4.57. The van der Waals surface area contributed by atoms with Gasteiger partial charge in [0.15, 0.2) is 0 Å². The predicted octanol–water partition coefficient (Wildman–Crippen LogP) is 9.45. The van der Waals surface area contributed by atoms with Crippen molar-refractivity contribution >= 4 is 7.26 Å². The Bertz CT molecular complexity index is 239. The summed E-state index contributed by atoms with van der Waals surface area (Å²) in [7, 11) is -0.952. The van der Waals surface area contributed by atoms with Gasteiger partial charge in [-0.05, 0) is 0 Å². The molecule has 0 aromatic heterocycles. The molecule has 0 amide bonds. The zero-order chi connectivity index (χ0) is 19.3. The molecule has 0 unspecified atom stereocenters. The molecule has 0 radical (unpaired) electrons. The summed E-state index contributed by atoms with van der Waals surface area (Å²) in [4.78, 5) is 0. The Labute approximate surface area is 169 Å². The van der Waals surface area contributed by atoms with Gasteiger partial charge in [-0.15, -0.1) is 0 Å². The summed E-state index contributed by atoms with van der Waals surface area (Å²) >= 11 is 0. The fourth-order valence-corrected chi connectivity index (χ4v) is 10.4. The normalized spacial score (nSPS) is 12.6. The Balaban J connectivity index is 3.95. The van der Waals surface area contributed by atoms with E-state index < -0.39 is 7.26 Å². The third-order valence-electron chi connectivity index (χ3n) is 6.49. The maximum absolute atomic E-state index is 2.39. The molecule has 26 heavy (non-hydrogen) atoms. The molecule has 1 heteroatoms. The fraction of sp³-hybridized carbons (Fsp3) is 1.00. The second-order valence-electron chi connectivity index (χ2n) is 9.10. The van der Waals surface area contributed by atoms with Gasteiger partial charge in [-0.25, -0.2) is 0 Å². The van der Waals surface area contributed by atoms with Crippen LogP contribution in [0, 0.1) is 0 Å². The monoisotopic (exact) mass is 386 g/mol. The van der Waals surface area contributed by atoms with Gasteiger partial charge in [-0.3, -0.25) is 0 Å². The van der Waals surface area contributed by atoms with Crippen LogP contribution >= 0.6 is 7.26 Å². The average Bonchev–Trinajstić information content (AvgIpc) is 2.66. The van der Waals surface area contributed by atoms with Gasteiger partial charge < -0.3 is 0 Å². The van der Waals surface area contributed by atoms with Crippen LogP contribution in [0.4, 0.5) is 0 Å². The van der Waals surface area contributed by atoms with Gasteiger partial charge in [-0.2, -0.15) is 0 Å². The van der Waals surface area contributed by atoms with Gasteiger partial charge in [-0.1, -0.05) is 6.92 Å². The zero-order valence-corrected chi connectivity index (χ0v) is 20.3. The summed E-state index contributed by atoms with van der Waals surface area (Å²) in [5.41, 5.74) is 0. The van der Waals surface area contributed by atoms with Crippen molar-refractivity contribution in [1.29, 1.82) is 0 Å². The first-order chi connectivity index (χ1) is 12.7. The summed E-state index contributed by atoms with van der Waals surface area (Å²) in [6.45, 7) is 9.48. The van der Waals surface area contributed by atoms with Crippen LogP contribution in [0.25, 0.3) is 0 Å². The Hall–Kier alpha value is 0.430. The minimum absolute atomic E-state index is 0.952. The molecule has 0 aromatic carbocycles. The summed E-state index contributed by atoms with van der Waals surface area (Å²) in [5, 5.41) is 0. The number of hydrogen-bond acceptors (Lipinski definition) is 0. The van der Waals surface area contributed by atoms with Crippen molar-refractivity contribution in [2.75, 3.05) is 24.6 Å². The quantitative estimate of drug-likeness (QED) is 0.136. The predicted molar refractivity (Wildman–Crippen MR) is 129 cm³/mol. The second-order valence-corrected chi connectivity index (χ2v) is 14.1. The first-order valence-electron chi connectivity index (χ1n) is 12.7. The zero-order valence-electron chi connectivity index (χ0n) is 19.3. The number of unbranched alkanes of at least 4 members (excludes halogenated alkanes) is 13. The molecular weight excluding hydrogens is 331 g/mol. The standard InChI is InChI=1S/C25H55P/c1-5-9-13-14-15-16-17-18-19-20-21-25-26(22-10-6-2,23-11-7-3)24-12-8-4/h26H,5-25H2,1-4H3. The summed E-state index contributed by atoms with van der Waals surface area (Å²) in [5.74, 6) is 0. The van der Waals surface area contributed by atoms with E-state index in [4.69, 9.17) is 0 Å².